The van der Waals surface area contributed by atoms with Gasteiger partial charge in [0.1, 0.15) is 36.5 Å². The van der Waals surface area contributed by atoms with Crippen molar-refractivity contribution in [1.29, 1.82) is 0 Å². The molecule has 11 heteroatoms. The maximum atomic E-state index is 13.5. The second-order valence-corrected chi connectivity index (χ2v) is 9.15. The Morgan fingerprint density at radius 1 is 1.24 bits per heavy atom. The first-order valence-corrected chi connectivity index (χ1v) is 11.7. The molecule has 2 aliphatic rings. The van der Waals surface area contributed by atoms with E-state index in [1.165, 1.54) is 6.07 Å². The van der Waals surface area contributed by atoms with E-state index in [1.54, 1.807) is 32.0 Å². The van der Waals surface area contributed by atoms with Crippen molar-refractivity contribution in [2.45, 2.75) is 38.8 Å². The second-order valence-electron chi connectivity index (χ2n) is 9.15. The number of alkyl halides is 3. The molecule has 37 heavy (non-hydrogen) atoms. The Balaban J connectivity index is 0.00000380. The summed E-state index contributed by atoms with van der Waals surface area (Å²) in [6.45, 7) is 6.07. The largest absolute Gasteiger partial charge is 0.490 e. The minimum absolute atomic E-state index is 0. The van der Waals surface area contributed by atoms with Crippen LogP contribution in [0.1, 0.15) is 30.5 Å². The highest BCUT2D eigenvalue weighted by Gasteiger charge is 2.35. The molecule has 2 aromatic carbocycles. The van der Waals surface area contributed by atoms with Crippen LogP contribution in [0.2, 0.25) is 0 Å². The molecule has 2 N–H and O–H groups in total. The quantitative estimate of drug-likeness (QED) is 0.503. The SMILES string of the molecule is CC(C)Oc1ccc(COc2ccc3c(c2)OCC(CN2CCNC(C(=O)O)C2)=C3)cc1C(F)(F)F.Cl. The van der Waals surface area contributed by atoms with Crippen molar-refractivity contribution in [1.82, 2.24) is 10.2 Å². The summed E-state index contributed by atoms with van der Waals surface area (Å²) in [5.41, 5.74) is 1.44. The van der Waals surface area contributed by atoms with Gasteiger partial charge in [0.15, 0.2) is 0 Å². The van der Waals surface area contributed by atoms with Crippen LogP contribution in [0, 0.1) is 0 Å². The molecule has 4 rings (SSSR count). The summed E-state index contributed by atoms with van der Waals surface area (Å²) < 4.78 is 57.4. The van der Waals surface area contributed by atoms with Crippen molar-refractivity contribution in [3.05, 3.63) is 58.7 Å². The minimum Gasteiger partial charge on any atom is -0.490 e. The van der Waals surface area contributed by atoms with Gasteiger partial charge < -0.3 is 24.6 Å². The van der Waals surface area contributed by atoms with Crippen LogP contribution in [0.25, 0.3) is 6.08 Å². The number of rotatable bonds is 8. The van der Waals surface area contributed by atoms with E-state index in [9.17, 15) is 23.1 Å². The predicted octanol–water partition coefficient (Wildman–Crippen LogP) is 4.63. The third-order valence-electron chi connectivity index (χ3n) is 5.86. The first-order valence-electron chi connectivity index (χ1n) is 11.7. The number of carbonyl (C=O) groups is 1. The number of fused-ring (bicyclic) bond motifs is 1. The fourth-order valence-corrected chi connectivity index (χ4v) is 4.19. The number of carboxylic acid groups (broad SMARTS) is 1. The maximum absolute atomic E-state index is 13.5. The molecule has 0 amide bonds. The molecular weight excluding hydrogens is 513 g/mol. The van der Waals surface area contributed by atoms with E-state index in [4.69, 9.17) is 14.2 Å². The lowest BCUT2D eigenvalue weighted by Crippen LogP contribution is -2.54. The average molecular weight is 543 g/mol. The monoisotopic (exact) mass is 542 g/mol. The molecular formula is C26H30ClF3N2O5. The number of nitrogens with zero attached hydrogens (tertiary/aromatic N) is 1. The molecule has 0 saturated carbocycles. The van der Waals surface area contributed by atoms with Crippen molar-refractivity contribution >= 4 is 24.5 Å². The molecule has 2 aromatic rings. The van der Waals surface area contributed by atoms with Crippen LogP contribution in [0.15, 0.2) is 42.0 Å². The van der Waals surface area contributed by atoms with E-state index in [2.05, 4.69) is 10.2 Å². The fourth-order valence-electron chi connectivity index (χ4n) is 4.19. The van der Waals surface area contributed by atoms with E-state index in [1.807, 2.05) is 12.1 Å². The van der Waals surface area contributed by atoms with Gasteiger partial charge in [-0.1, -0.05) is 6.07 Å². The Labute approximate surface area is 219 Å². The average Bonchev–Trinajstić information content (AvgIpc) is 2.82. The summed E-state index contributed by atoms with van der Waals surface area (Å²) in [6, 6.07) is 8.64. The van der Waals surface area contributed by atoms with Crippen LogP contribution in [0.4, 0.5) is 13.2 Å². The Bertz CT molecular complexity index is 1140. The molecule has 1 atom stereocenters. The van der Waals surface area contributed by atoms with Crippen LogP contribution >= 0.6 is 12.4 Å². The van der Waals surface area contributed by atoms with E-state index in [0.29, 0.717) is 43.3 Å². The first kappa shape index (κ1) is 28.6. The summed E-state index contributed by atoms with van der Waals surface area (Å²) in [5, 5.41) is 12.2. The molecule has 1 saturated heterocycles. The zero-order chi connectivity index (χ0) is 25.9. The molecule has 202 valence electrons. The van der Waals surface area contributed by atoms with Crippen LogP contribution in [-0.4, -0.2) is 60.9 Å². The number of carboxylic acids is 1. The number of nitrogens with one attached hydrogen (secondary N) is 1. The number of halogens is 4. The summed E-state index contributed by atoms with van der Waals surface area (Å²) >= 11 is 0. The lowest BCUT2D eigenvalue weighted by Gasteiger charge is -2.32. The van der Waals surface area contributed by atoms with Gasteiger partial charge in [0.25, 0.3) is 0 Å². The van der Waals surface area contributed by atoms with Gasteiger partial charge in [0, 0.05) is 37.8 Å². The second kappa shape index (κ2) is 12.1. The van der Waals surface area contributed by atoms with Gasteiger partial charge in [0.2, 0.25) is 0 Å². The predicted molar refractivity (Wildman–Crippen MR) is 135 cm³/mol. The molecule has 0 aliphatic carbocycles. The normalized spacial score (nSPS) is 17.8. The third-order valence-corrected chi connectivity index (χ3v) is 5.86. The molecule has 0 aromatic heterocycles. The third kappa shape index (κ3) is 7.53. The Kier molecular flexibility index (Phi) is 9.33. The number of hydrogen-bond acceptors (Lipinski definition) is 6. The number of benzene rings is 2. The van der Waals surface area contributed by atoms with E-state index in [-0.39, 0.29) is 30.9 Å². The van der Waals surface area contributed by atoms with Gasteiger partial charge in [0.05, 0.1) is 11.7 Å². The molecule has 0 spiro atoms. The molecule has 0 radical (unpaired) electrons. The fraction of sp³-hybridized carbons (Fsp3) is 0.423. The Hall–Kier alpha value is -2.95. The van der Waals surface area contributed by atoms with Crippen LogP contribution in [0.5, 0.6) is 17.2 Å². The Morgan fingerprint density at radius 3 is 2.73 bits per heavy atom. The highest BCUT2D eigenvalue weighted by Crippen LogP contribution is 2.38. The molecule has 2 heterocycles. The number of piperazine rings is 1. The van der Waals surface area contributed by atoms with Gasteiger partial charge in [-0.25, -0.2) is 0 Å². The lowest BCUT2D eigenvalue weighted by atomic mass is 10.1. The highest BCUT2D eigenvalue weighted by molar-refractivity contribution is 5.85. The zero-order valence-electron chi connectivity index (χ0n) is 20.5. The molecule has 0 bridgehead atoms. The van der Waals surface area contributed by atoms with Gasteiger partial charge in [-0.3, -0.25) is 9.69 Å². The Morgan fingerprint density at radius 2 is 2.03 bits per heavy atom. The summed E-state index contributed by atoms with van der Waals surface area (Å²) in [4.78, 5) is 13.3. The number of hydrogen-bond donors (Lipinski definition) is 2. The molecule has 1 unspecified atom stereocenters. The zero-order valence-corrected chi connectivity index (χ0v) is 21.3. The van der Waals surface area contributed by atoms with Crippen molar-refractivity contribution < 1.29 is 37.3 Å². The van der Waals surface area contributed by atoms with Crippen molar-refractivity contribution in [2.75, 3.05) is 32.8 Å². The number of aliphatic carboxylic acids is 1. The van der Waals surface area contributed by atoms with Gasteiger partial charge in [-0.05, 0) is 55.3 Å². The van der Waals surface area contributed by atoms with Gasteiger partial charge >= 0.3 is 12.1 Å². The summed E-state index contributed by atoms with van der Waals surface area (Å²) in [5.74, 6) is 0.0379. The highest BCUT2D eigenvalue weighted by atomic mass is 35.5. The first-order chi connectivity index (χ1) is 17.1. The minimum atomic E-state index is -4.54. The topological polar surface area (TPSA) is 80.3 Å². The van der Waals surface area contributed by atoms with E-state index < -0.39 is 23.8 Å². The van der Waals surface area contributed by atoms with Crippen LogP contribution < -0.4 is 19.5 Å². The maximum Gasteiger partial charge on any atom is 0.419 e. The molecule has 7 nitrogen and oxygen atoms in total. The smallest absolute Gasteiger partial charge is 0.419 e. The standard InChI is InChI=1S/C26H29F3N2O5.ClH/c1-16(2)36-23-6-3-17(10-21(23)26(27,28)29)14-34-20-5-4-19-9-18(15-35-24(19)11-20)12-31-8-7-30-22(13-31)25(32)33;/h3-6,9-11,16,22,30H,7-8,12-15H2,1-2H3,(H,32,33);1H. The van der Waals surface area contributed by atoms with Crippen LogP contribution in [-0.2, 0) is 17.6 Å². The van der Waals surface area contributed by atoms with Crippen LogP contribution in [0.3, 0.4) is 0 Å². The lowest BCUT2D eigenvalue weighted by molar-refractivity contribution is -0.141. The summed E-state index contributed by atoms with van der Waals surface area (Å²) in [6.07, 6.45) is -2.90. The van der Waals surface area contributed by atoms with E-state index >= 15 is 0 Å². The van der Waals surface area contributed by atoms with E-state index in [0.717, 1.165) is 23.7 Å². The molecule has 1 fully saturated rings. The summed E-state index contributed by atoms with van der Waals surface area (Å²) in [7, 11) is 0. The molecule has 2 aliphatic heterocycles. The van der Waals surface area contributed by atoms with Crippen molar-refractivity contribution in [3.8, 4) is 17.2 Å². The number of ether oxygens (including phenoxy) is 3. The van der Waals surface area contributed by atoms with Gasteiger partial charge in [-0.2, -0.15) is 13.2 Å². The van der Waals surface area contributed by atoms with Gasteiger partial charge in [-0.15, -0.1) is 12.4 Å². The van der Waals surface area contributed by atoms with Crippen molar-refractivity contribution in [2.24, 2.45) is 0 Å². The van der Waals surface area contributed by atoms with Crippen molar-refractivity contribution in [3.63, 3.8) is 0 Å².